The summed E-state index contributed by atoms with van der Waals surface area (Å²) in [6, 6.07) is 3.29. The summed E-state index contributed by atoms with van der Waals surface area (Å²) in [6.07, 6.45) is -3.03. The fourth-order valence-electron chi connectivity index (χ4n) is 3.51. The van der Waals surface area contributed by atoms with Crippen LogP contribution in [0.4, 0.5) is 23.2 Å². The molecule has 2 heterocycles. The Morgan fingerprint density at radius 3 is 2.54 bits per heavy atom. The summed E-state index contributed by atoms with van der Waals surface area (Å²) in [5.41, 5.74) is -0.939. The summed E-state index contributed by atoms with van der Waals surface area (Å²) in [5, 5.41) is 23.5. The molecular formula is C22H22ClF4N5O3. The number of benzene rings is 1. The fraction of sp³-hybridized carbons (Fsp3) is 0.409. The van der Waals surface area contributed by atoms with Crippen LogP contribution < -0.4 is 10.1 Å². The smallest absolute Gasteiger partial charge is 0.422 e. The van der Waals surface area contributed by atoms with Gasteiger partial charge in [-0.15, -0.1) is 0 Å². The SMILES string of the molecule is Cc1[nH]nc(Cl)c1NC(=O)c1cc(F)c(-c2cc(C(C)(C)O)n(C3CC3)n2)cc1OCC(F)(F)F. The van der Waals surface area contributed by atoms with Gasteiger partial charge in [0.05, 0.1) is 28.7 Å². The molecule has 0 saturated heterocycles. The van der Waals surface area contributed by atoms with Crippen molar-refractivity contribution < 1.29 is 32.2 Å². The first-order chi connectivity index (χ1) is 16.2. The van der Waals surface area contributed by atoms with Crippen LogP contribution in [-0.4, -0.2) is 43.8 Å². The second kappa shape index (κ2) is 8.83. The Kier molecular flexibility index (Phi) is 6.30. The van der Waals surface area contributed by atoms with Gasteiger partial charge in [-0.2, -0.15) is 23.4 Å². The number of halogens is 5. The third-order valence-electron chi connectivity index (χ3n) is 5.38. The highest BCUT2D eigenvalue weighted by molar-refractivity contribution is 6.33. The van der Waals surface area contributed by atoms with Gasteiger partial charge in [-0.25, -0.2) is 4.39 Å². The molecule has 13 heteroatoms. The molecule has 0 spiro atoms. The minimum absolute atomic E-state index is 0.0437. The third kappa shape index (κ3) is 5.43. The van der Waals surface area contributed by atoms with Crippen molar-refractivity contribution in [2.45, 2.75) is 51.4 Å². The zero-order valence-electron chi connectivity index (χ0n) is 18.9. The van der Waals surface area contributed by atoms with Gasteiger partial charge in [0.2, 0.25) is 0 Å². The summed E-state index contributed by atoms with van der Waals surface area (Å²) in [6.45, 7) is 2.97. The lowest BCUT2D eigenvalue weighted by molar-refractivity contribution is -0.153. The number of carbonyl (C=O) groups is 1. The van der Waals surface area contributed by atoms with Crippen molar-refractivity contribution in [2.75, 3.05) is 11.9 Å². The van der Waals surface area contributed by atoms with Crippen LogP contribution in [0.25, 0.3) is 11.3 Å². The number of rotatable bonds is 7. The van der Waals surface area contributed by atoms with E-state index in [1.165, 1.54) is 6.07 Å². The number of anilines is 1. The van der Waals surface area contributed by atoms with Crippen LogP contribution in [0.15, 0.2) is 18.2 Å². The van der Waals surface area contributed by atoms with E-state index in [2.05, 4.69) is 20.6 Å². The zero-order chi connectivity index (χ0) is 25.7. The number of aromatic amines is 1. The van der Waals surface area contributed by atoms with Gasteiger partial charge in [-0.05, 0) is 51.8 Å². The monoisotopic (exact) mass is 515 g/mol. The van der Waals surface area contributed by atoms with Crippen molar-refractivity contribution in [1.82, 2.24) is 20.0 Å². The van der Waals surface area contributed by atoms with Gasteiger partial charge in [0.1, 0.15) is 22.9 Å². The molecule has 188 valence electrons. The number of nitrogens with zero attached hydrogens (tertiary/aromatic N) is 3. The topological polar surface area (TPSA) is 105 Å². The van der Waals surface area contributed by atoms with Gasteiger partial charge < -0.3 is 15.2 Å². The number of nitrogens with one attached hydrogen (secondary N) is 2. The van der Waals surface area contributed by atoms with Gasteiger partial charge in [0.25, 0.3) is 5.91 Å². The number of aryl methyl sites for hydroxylation is 1. The quantitative estimate of drug-likeness (QED) is 0.378. The van der Waals surface area contributed by atoms with E-state index < -0.39 is 41.4 Å². The van der Waals surface area contributed by atoms with Crippen molar-refractivity contribution in [3.8, 4) is 17.0 Å². The van der Waals surface area contributed by atoms with Crippen molar-refractivity contribution in [2.24, 2.45) is 0 Å². The van der Waals surface area contributed by atoms with Crippen molar-refractivity contribution in [3.63, 3.8) is 0 Å². The summed E-state index contributed by atoms with van der Waals surface area (Å²) in [5.74, 6) is -2.36. The highest BCUT2D eigenvalue weighted by Gasteiger charge is 2.34. The highest BCUT2D eigenvalue weighted by atomic mass is 35.5. The Balaban J connectivity index is 1.77. The van der Waals surface area contributed by atoms with Crippen LogP contribution in [0.2, 0.25) is 5.15 Å². The second-order valence-electron chi connectivity index (χ2n) is 8.85. The van der Waals surface area contributed by atoms with Crippen LogP contribution in [0.1, 0.15) is 54.5 Å². The first-order valence-electron chi connectivity index (χ1n) is 10.6. The van der Waals surface area contributed by atoms with E-state index in [1.807, 2.05) is 0 Å². The molecule has 8 nitrogen and oxygen atoms in total. The van der Waals surface area contributed by atoms with Gasteiger partial charge >= 0.3 is 6.18 Å². The lowest BCUT2D eigenvalue weighted by Gasteiger charge is -2.18. The van der Waals surface area contributed by atoms with Crippen LogP contribution in [0.3, 0.4) is 0 Å². The van der Waals surface area contributed by atoms with Crippen molar-refractivity contribution in [1.29, 1.82) is 0 Å². The molecule has 35 heavy (non-hydrogen) atoms. The zero-order valence-corrected chi connectivity index (χ0v) is 19.7. The predicted octanol–water partition coefficient (Wildman–Crippen LogP) is 5.13. The summed E-state index contributed by atoms with van der Waals surface area (Å²) in [4.78, 5) is 12.9. The minimum Gasteiger partial charge on any atom is -0.483 e. The third-order valence-corrected chi connectivity index (χ3v) is 5.65. The number of hydrogen-bond acceptors (Lipinski definition) is 5. The van der Waals surface area contributed by atoms with Crippen molar-refractivity contribution >= 4 is 23.2 Å². The molecule has 1 aliphatic carbocycles. The largest absolute Gasteiger partial charge is 0.483 e. The molecule has 3 N–H and O–H groups in total. The molecule has 1 amide bonds. The Morgan fingerprint density at radius 1 is 1.31 bits per heavy atom. The molecule has 1 saturated carbocycles. The van der Waals surface area contributed by atoms with E-state index >= 15 is 4.39 Å². The molecule has 0 aliphatic heterocycles. The molecule has 0 atom stereocenters. The van der Waals surface area contributed by atoms with Gasteiger partial charge in [-0.1, -0.05) is 11.6 Å². The van der Waals surface area contributed by atoms with Gasteiger partial charge in [0.15, 0.2) is 11.8 Å². The maximum Gasteiger partial charge on any atom is 0.422 e. The molecule has 4 rings (SSSR count). The maximum atomic E-state index is 15.2. The van der Waals surface area contributed by atoms with Crippen LogP contribution in [0.5, 0.6) is 5.75 Å². The first-order valence-corrected chi connectivity index (χ1v) is 11.0. The molecule has 2 aromatic heterocycles. The number of aromatic nitrogens is 4. The van der Waals surface area contributed by atoms with E-state index in [9.17, 15) is 23.1 Å². The fourth-order valence-corrected chi connectivity index (χ4v) is 3.74. The Labute approximate surface area is 202 Å². The van der Waals surface area contributed by atoms with Gasteiger partial charge in [-0.3, -0.25) is 14.6 Å². The molecule has 1 aromatic carbocycles. The summed E-state index contributed by atoms with van der Waals surface area (Å²) in [7, 11) is 0. The lowest BCUT2D eigenvalue weighted by Crippen LogP contribution is -2.21. The molecule has 1 aliphatic rings. The molecule has 1 fully saturated rings. The number of aliphatic hydroxyl groups is 1. The summed E-state index contributed by atoms with van der Waals surface area (Å²) < 4.78 is 60.4. The normalized spacial score (nSPS) is 14.3. The number of carbonyl (C=O) groups excluding carboxylic acids is 1. The lowest BCUT2D eigenvalue weighted by atomic mass is 10.0. The van der Waals surface area contributed by atoms with Crippen LogP contribution >= 0.6 is 11.6 Å². The Bertz CT molecular complexity index is 1260. The van der Waals surface area contributed by atoms with E-state index in [-0.39, 0.29) is 28.1 Å². The Morgan fingerprint density at radius 2 is 2.00 bits per heavy atom. The highest BCUT2D eigenvalue weighted by Crippen LogP contribution is 2.40. The van der Waals surface area contributed by atoms with E-state index in [0.29, 0.717) is 11.4 Å². The van der Waals surface area contributed by atoms with Crippen LogP contribution in [-0.2, 0) is 5.60 Å². The number of alkyl halides is 3. The summed E-state index contributed by atoms with van der Waals surface area (Å²) >= 11 is 5.92. The molecule has 0 radical (unpaired) electrons. The van der Waals surface area contributed by atoms with E-state index in [1.54, 1.807) is 25.5 Å². The predicted molar refractivity (Wildman–Crippen MR) is 119 cm³/mol. The van der Waals surface area contributed by atoms with Crippen molar-refractivity contribution in [3.05, 3.63) is 46.1 Å². The Hall–Kier alpha value is -3.12. The van der Waals surface area contributed by atoms with E-state index in [0.717, 1.165) is 25.0 Å². The first kappa shape index (κ1) is 25.0. The van der Waals surface area contributed by atoms with Gasteiger partial charge in [0, 0.05) is 5.56 Å². The number of H-pyrrole nitrogens is 1. The molecule has 0 bridgehead atoms. The average Bonchev–Trinajstić information content (AvgIpc) is 3.42. The average molecular weight is 516 g/mol. The standard InChI is InChI=1S/C22H22ClF4N5O3/c1-10-18(19(23)30-29-10)28-20(33)13-6-14(24)12(7-16(13)35-9-22(25,26)27)15-8-17(21(2,3)34)32(31-15)11-4-5-11/h6-8,11,34H,4-5,9H2,1-3H3,(H,28,33)(H,29,30). The number of hydrogen-bond donors (Lipinski definition) is 3. The number of ether oxygens (including phenoxy) is 1. The molecule has 3 aromatic rings. The van der Waals surface area contributed by atoms with Crippen LogP contribution in [0, 0.1) is 12.7 Å². The molecular weight excluding hydrogens is 494 g/mol. The second-order valence-corrected chi connectivity index (χ2v) is 9.21. The number of amides is 1. The minimum atomic E-state index is -4.70. The van der Waals surface area contributed by atoms with E-state index in [4.69, 9.17) is 16.3 Å². The maximum absolute atomic E-state index is 15.2. The molecule has 0 unspecified atom stereocenters.